The number of halogens is 2. The lowest BCUT2D eigenvalue weighted by Gasteiger charge is -2.45. The second kappa shape index (κ2) is 5.05. The number of aromatic nitrogens is 4. The van der Waals surface area contributed by atoms with E-state index in [2.05, 4.69) is 15.1 Å². The molecule has 1 saturated carbocycles. The Hall–Kier alpha value is -1.95. The Bertz CT molecular complexity index is 812. The minimum absolute atomic E-state index is 0.139. The number of nitriles is 1. The topological polar surface area (TPSA) is 86.8 Å². The smallest absolute Gasteiger partial charge is 0.285 e. The van der Waals surface area contributed by atoms with Crippen molar-refractivity contribution in [2.75, 3.05) is 5.75 Å². The van der Waals surface area contributed by atoms with Gasteiger partial charge in [0.25, 0.3) is 5.92 Å². The molecule has 0 aromatic carbocycles. The first-order valence-corrected chi connectivity index (χ1v) is 7.74. The van der Waals surface area contributed by atoms with E-state index in [0.717, 1.165) is 29.6 Å². The van der Waals surface area contributed by atoms with Gasteiger partial charge in [0, 0.05) is 11.2 Å². The highest BCUT2D eigenvalue weighted by atomic mass is 32.2. The van der Waals surface area contributed by atoms with Gasteiger partial charge in [0.2, 0.25) is 0 Å². The Kier molecular flexibility index (Phi) is 3.44. The molecule has 1 fully saturated rings. The third-order valence-corrected chi connectivity index (χ3v) is 5.37. The minimum atomic E-state index is -2.77. The number of fused-ring (bicyclic) bond motifs is 1. The predicted octanol–water partition coefficient (Wildman–Crippen LogP) is 2.21. The fraction of sp³-hybridized carbons (Fsp3) is 0.538. The highest BCUT2D eigenvalue weighted by Gasteiger charge is 2.53. The Balaban J connectivity index is 1.89. The standard InChI is InChI=1S/C13H13F2N5OS/c1-12(14,15)13(3-2-4-13)7-22-10-18-9-8(5-16)6-17-20(9)11(21)19-10/h6H,2-4,7H2,1H3,(H,18,19,21). The van der Waals surface area contributed by atoms with Crippen LogP contribution >= 0.6 is 11.8 Å². The summed E-state index contributed by atoms with van der Waals surface area (Å²) in [7, 11) is 0. The average molecular weight is 325 g/mol. The van der Waals surface area contributed by atoms with Gasteiger partial charge in [-0.1, -0.05) is 18.2 Å². The summed E-state index contributed by atoms with van der Waals surface area (Å²) in [6.45, 7) is 0.941. The SMILES string of the molecule is CC(F)(F)C1(CSc2nc3c(C#N)cnn3c(=O)[nH]2)CCC1. The molecule has 1 aliphatic rings. The summed E-state index contributed by atoms with van der Waals surface area (Å²) in [6.07, 6.45) is 2.96. The second-order valence-electron chi connectivity index (χ2n) is 5.56. The van der Waals surface area contributed by atoms with Crippen LogP contribution in [0, 0.1) is 16.7 Å². The molecule has 116 valence electrons. The lowest BCUT2D eigenvalue weighted by atomic mass is 9.66. The van der Waals surface area contributed by atoms with Crippen LogP contribution in [0.2, 0.25) is 0 Å². The minimum Gasteiger partial charge on any atom is -0.285 e. The van der Waals surface area contributed by atoms with Crippen molar-refractivity contribution in [2.45, 2.75) is 37.3 Å². The highest BCUT2D eigenvalue weighted by Crippen LogP contribution is 2.54. The van der Waals surface area contributed by atoms with E-state index in [1.807, 2.05) is 6.07 Å². The third kappa shape index (κ3) is 2.27. The molecule has 6 nitrogen and oxygen atoms in total. The third-order valence-electron chi connectivity index (χ3n) is 4.21. The van der Waals surface area contributed by atoms with Crippen molar-refractivity contribution in [1.29, 1.82) is 5.26 Å². The zero-order chi connectivity index (χ0) is 16.0. The molecule has 2 heterocycles. The molecule has 9 heteroatoms. The van der Waals surface area contributed by atoms with Gasteiger partial charge in [0.1, 0.15) is 11.6 Å². The molecule has 0 radical (unpaired) electrons. The number of rotatable bonds is 4. The molecule has 0 aliphatic heterocycles. The first-order chi connectivity index (χ1) is 10.4. The summed E-state index contributed by atoms with van der Waals surface area (Å²) in [5.41, 5.74) is -1.27. The van der Waals surface area contributed by atoms with Crippen LogP contribution in [0.3, 0.4) is 0 Å². The lowest BCUT2D eigenvalue weighted by molar-refractivity contribution is -0.133. The van der Waals surface area contributed by atoms with Crippen molar-refractivity contribution in [2.24, 2.45) is 5.41 Å². The van der Waals surface area contributed by atoms with Crippen molar-refractivity contribution < 1.29 is 8.78 Å². The van der Waals surface area contributed by atoms with Crippen LogP contribution in [0.5, 0.6) is 0 Å². The molecule has 1 aliphatic carbocycles. The predicted molar refractivity (Wildman–Crippen MR) is 76.0 cm³/mol. The van der Waals surface area contributed by atoms with Crippen LogP contribution in [0.15, 0.2) is 16.1 Å². The van der Waals surface area contributed by atoms with Crippen LogP contribution < -0.4 is 5.69 Å². The summed E-state index contributed by atoms with van der Waals surface area (Å²) in [4.78, 5) is 18.5. The first kappa shape index (κ1) is 15.0. The van der Waals surface area contributed by atoms with E-state index < -0.39 is 17.0 Å². The maximum atomic E-state index is 13.8. The highest BCUT2D eigenvalue weighted by molar-refractivity contribution is 7.99. The average Bonchev–Trinajstić information content (AvgIpc) is 2.79. The van der Waals surface area contributed by atoms with Gasteiger partial charge in [-0.3, -0.25) is 4.98 Å². The molecule has 3 rings (SSSR count). The monoisotopic (exact) mass is 325 g/mol. The summed E-state index contributed by atoms with van der Waals surface area (Å²) >= 11 is 1.08. The van der Waals surface area contributed by atoms with Gasteiger partial charge < -0.3 is 0 Å². The van der Waals surface area contributed by atoms with E-state index in [0.29, 0.717) is 12.8 Å². The fourth-order valence-corrected chi connectivity index (χ4v) is 3.80. The molecule has 1 N–H and O–H groups in total. The fourth-order valence-electron chi connectivity index (χ4n) is 2.53. The van der Waals surface area contributed by atoms with Gasteiger partial charge in [-0.2, -0.15) is 14.9 Å². The van der Waals surface area contributed by atoms with Gasteiger partial charge in [-0.05, 0) is 19.8 Å². The molecular formula is C13H13F2N5OS. The zero-order valence-electron chi connectivity index (χ0n) is 11.8. The Morgan fingerprint density at radius 1 is 1.59 bits per heavy atom. The maximum absolute atomic E-state index is 13.8. The molecular weight excluding hydrogens is 312 g/mol. The molecule has 22 heavy (non-hydrogen) atoms. The normalized spacial score (nSPS) is 17.2. The number of aromatic amines is 1. The second-order valence-corrected chi connectivity index (χ2v) is 6.53. The number of H-pyrrole nitrogens is 1. The first-order valence-electron chi connectivity index (χ1n) is 6.75. The number of nitrogens with zero attached hydrogens (tertiary/aromatic N) is 4. The molecule has 2 aromatic heterocycles. The van der Waals surface area contributed by atoms with Crippen molar-refractivity contribution in [3.8, 4) is 6.07 Å². The Morgan fingerprint density at radius 2 is 2.32 bits per heavy atom. The van der Waals surface area contributed by atoms with Gasteiger partial charge in [-0.25, -0.2) is 18.6 Å². The van der Waals surface area contributed by atoms with E-state index in [-0.39, 0.29) is 22.1 Å². The van der Waals surface area contributed by atoms with Crippen LogP contribution in [-0.2, 0) is 0 Å². The van der Waals surface area contributed by atoms with Crippen LogP contribution in [0.1, 0.15) is 31.7 Å². The van der Waals surface area contributed by atoms with Crippen molar-refractivity contribution in [1.82, 2.24) is 19.6 Å². The molecule has 0 spiro atoms. The number of nitrogens with one attached hydrogen (secondary N) is 1. The van der Waals surface area contributed by atoms with Crippen LogP contribution in [0.4, 0.5) is 8.78 Å². The molecule has 0 bridgehead atoms. The Labute approximate surface area is 128 Å². The van der Waals surface area contributed by atoms with E-state index in [1.54, 1.807) is 0 Å². The van der Waals surface area contributed by atoms with Crippen LogP contribution in [-0.4, -0.2) is 31.3 Å². The quantitative estimate of drug-likeness (QED) is 0.871. The largest absolute Gasteiger partial charge is 0.350 e. The number of hydrogen-bond acceptors (Lipinski definition) is 5. The van der Waals surface area contributed by atoms with Crippen molar-refractivity contribution in [3.05, 3.63) is 22.2 Å². The molecule has 0 amide bonds. The summed E-state index contributed by atoms with van der Waals surface area (Å²) in [6, 6.07) is 1.90. The molecule has 2 aromatic rings. The maximum Gasteiger partial charge on any atom is 0.350 e. The summed E-state index contributed by atoms with van der Waals surface area (Å²) < 4.78 is 28.5. The molecule has 0 atom stereocenters. The van der Waals surface area contributed by atoms with Crippen molar-refractivity contribution >= 4 is 17.4 Å². The zero-order valence-corrected chi connectivity index (χ0v) is 12.6. The number of thioether (sulfide) groups is 1. The van der Waals surface area contributed by atoms with Gasteiger partial charge in [-0.15, -0.1) is 0 Å². The summed E-state index contributed by atoms with van der Waals surface area (Å²) in [5, 5.41) is 12.9. The Morgan fingerprint density at radius 3 is 2.86 bits per heavy atom. The molecule has 0 saturated heterocycles. The lowest BCUT2D eigenvalue weighted by Crippen LogP contribution is -2.46. The van der Waals surface area contributed by atoms with Gasteiger partial charge in [0.05, 0.1) is 6.20 Å². The number of hydrogen-bond donors (Lipinski definition) is 1. The van der Waals surface area contributed by atoms with Crippen molar-refractivity contribution in [3.63, 3.8) is 0 Å². The van der Waals surface area contributed by atoms with Gasteiger partial charge in [0.15, 0.2) is 10.8 Å². The van der Waals surface area contributed by atoms with E-state index in [9.17, 15) is 13.6 Å². The number of alkyl halides is 2. The van der Waals surface area contributed by atoms with E-state index in [4.69, 9.17) is 5.26 Å². The van der Waals surface area contributed by atoms with E-state index in [1.165, 1.54) is 6.20 Å². The summed E-state index contributed by atoms with van der Waals surface area (Å²) in [5.74, 6) is -2.59. The van der Waals surface area contributed by atoms with E-state index >= 15 is 0 Å². The molecule has 0 unspecified atom stereocenters. The van der Waals surface area contributed by atoms with Crippen LogP contribution in [0.25, 0.3) is 5.65 Å². The van der Waals surface area contributed by atoms with Gasteiger partial charge >= 0.3 is 5.69 Å².